The molecule has 0 spiro atoms. The van der Waals surface area contributed by atoms with Crippen molar-refractivity contribution >= 4 is 17.6 Å². The minimum Gasteiger partial charge on any atom is -0.478 e. The van der Waals surface area contributed by atoms with Crippen LogP contribution in [0.4, 0.5) is 10.1 Å². The van der Waals surface area contributed by atoms with E-state index < -0.39 is 11.8 Å². The van der Waals surface area contributed by atoms with E-state index in [2.05, 4.69) is 5.32 Å². The third-order valence-corrected chi connectivity index (χ3v) is 3.18. The first kappa shape index (κ1) is 14.5. The summed E-state index contributed by atoms with van der Waals surface area (Å²) in [5, 5.41) is 11.2. The Kier molecular flexibility index (Phi) is 4.68. The smallest absolute Gasteiger partial charge is 0.335 e. The topological polar surface area (TPSA) is 75.6 Å². The summed E-state index contributed by atoms with van der Waals surface area (Å²) in [5.41, 5.74) is -0.174. The van der Waals surface area contributed by atoms with E-state index in [-0.39, 0.29) is 29.7 Å². The highest BCUT2D eigenvalue weighted by Gasteiger charge is 2.18. The van der Waals surface area contributed by atoms with Gasteiger partial charge in [0, 0.05) is 6.61 Å². The van der Waals surface area contributed by atoms with Crippen LogP contribution in [0.25, 0.3) is 0 Å². The second-order valence-electron chi connectivity index (χ2n) is 4.74. The molecule has 108 valence electrons. The average Bonchev–Trinajstić information content (AvgIpc) is 2.42. The van der Waals surface area contributed by atoms with E-state index in [1.807, 2.05) is 0 Å². The van der Waals surface area contributed by atoms with Crippen LogP contribution >= 0.6 is 0 Å². The van der Waals surface area contributed by atoms with Crippen molar-refractivity contribution in [2.45, 2.75) is 31.8 Å². The van der Waals surface area contributed by atoms with Gasteiger partial charge < -0.3 is 15.2 Å². The third-order valence-electron chi connectivity index (χ3n) is 3.18. The van der Waals surface area contributed by atoms with Gasteiger partial charge >= 0.3 is 5.97 Å². The molecule has 1 aromatic carbocycles. The lowest BCUT2D eigenvalue weighted by Gasteiger charge is -2.22. The summed E-state index contributed by atoms with van der Waals surface area (Å²) in [6, 6.07) is 3.38. The van der Waals surface area contributed by atoms with Gasteiger partial charge in [-0.1, -0.05) is 0 Å². The van der Waals surface area contributed by atoms with Gasteiger partial charge in [0.05, 0.1) is 23.8 Å². The molecule has 2 N–H and O–H groups in total. The first-order valence-corrected chi connectivity index (χ1v) is 6.50. The number of halogens is 1. The zero-order chi connectivity index (χ0) is 14.5. The molecule has 1 amide bonds. The Morgan fingerprint density at radius 3 is 2.80 bits per heavy atom. The lowest BCUT2D eigenvalue weighted by Crippen LogP contribution is -2.25. The molecule has 1 fully saturated rings. The third kappa shape index (κ3) is 3.77. The number of carbonyl (C=O) groups is 2. The Morgan fingerprint density at radius 1 is 1.40 bits per heavy atom. The maximum Gasteiger partial charge on any atom is 0.335 e. The molecule has 20 heavy (non-hydrogen) atoms. The van der Waals surface area contributed by atoms with E-state index in [0.29, 0.717) is 6.61 Å². The largest absolute Gasteiger partial charge is 0.478 e. The molecule has 0 aliphatic carbocycles. The number of amides is 1. The SMILES string of the molecule is O=C(CC1CCCCO1)Nc1ccc(C(=O)O)cc1F. The highest BCUT2D eigenvalue weighted by atomic mass is 19.1. The molecule has 1 aromatic rings. The average molecular weight is 281 g/mol. The standard InChI is InChI=1S/C14H16FNO4/c15-11-7-9(14(18)19)4-5-12(11)16-13(17)8-10-3-1-2-6-20-10/h4-5,7,10H,1-3,6,8H2,(H,16,17)(H,18,19). The highest BCUT2D eigenvalue weighted by Crippen LogP contribution is 2.19. The summed E-state index contributed by atoms with van der Waals surface area (Å²) in [6.45, 7) is 0.652. The molecule has 0 bridgehead atoms. The van der Waals surface area contributed by atoms with Gasteiger partial charge in [0.1, 0.15) is 5.82 Å². The number of ether oxygens (including phenoxy) is 1. The second-order valence-corrected chi connectivity index (χ2v) is 4.74. The number of rotatable bonds is 4. The molecular weight excluding hydrogens is 265 g/mol. The number of nitrogens with one attached hydrogen (secondary N) is 1. The fourth-order valence-electron chi connectivity index (χ4n) is 2.13. The molecule has 6 heteroatoms. The maximum absolute atomic E-state index is 13.6. The number of carboxylic acid groups (broad SMARTS) is 1. The minimum atomic E-state index is -1.21. The molecule has 1 aliphatic rings. The summed E-state index contributed by atoms with van der Waals surface area (Å²) in [7, 11) is 0. The second kappa shape index (κ2) is 6.47. The van der Waals surface area contributed by atoms with Gasteiger partial charge in [0.2, 0.25) is 5.91 Å². The van der Waals surface area contributed by atoms with Gasteiger partial charge in [-0.05, 0) is 37.5 Å². The molecule has 0 aromatic heterocycles. The predicted octanol–water partition coefficient (Wildman–Crippen LogP) is 2.42. The number of aromatic carboxylic acids is 1. The van der Waals surface area contributed by atoms with E-state index in [4.69, 9.17) is 9.84 Å². The molecule has 1 atom stereocenters. The summed E-state index contributed by atoms with van der Waals surface area (Å²) in [4.78, 5) is 22.5. The molecular formula is C14H16FNO4. The van der Waals surface area contributed by atoms with E-state index >= 15 is 0 Å². The van der Waals surface area contributed by atoms with Crippen LogP contribution in [0.5, 0.6) is 0 Å². The fourth-order valence-corrected chi connectivity index (χ4v) is 2.13. The van der Waals surface area contributed by atoms with Crippen LogP contribution in [0.15, 0.2) is 18.2 Å². The van der Waals surface area contributed by atoms with E-state index in [0.717, 1.165) is 25.3 Å². The number of hydrogen-bond donors (Lipinski definition) is 2. The minimum absolute atomic E-state index is 0.0178. The first-order chi connectivity index (χ1) is 9.56. The van der Waals surface area contributed by atoms with Gasteiger partial charge in [-0.25, -0.2) is 9.18 Å². The fraction of sp³-hybridized carbons (Fsp3) is 0.429. The van der Waals surface area contributed by atoms with Crippen LogP contribution in [0.1, 0.15) is 36.0 Å². The Hall–Kier alpha value is -1.95. The van der Waals surface area contributed by atoms with Crippen LogP contribution in [-0.4, -0.2) is 29.7 Å². The van der Waals surface area contributed by atoms with E-state index in [9.17, 15) is 14.0 Å². The van der Waals surface area contributed by atoms with Crippen LogP contribution in [0.3, 0.4) is 0 Å². The number of anilines is 1. The summed E-state index contributed by atoms with van der Waals surface area (Å²) >= 11 is 0. The van der Waals surface area contributed by atoms with E-state index in [1.54, 1.807) is 0 Å². The van der Waals surface area contributed by atoms with Gasteiger partial charge in [-0.3, -0.25) is 4.79 Å². The summed E-state index contributed by atoms with van der Waals surface area (Å²) < 4.78 is 19.1. The monoisotopic (exact) mass is 281 g/mol. The van der Waals surface area contributed by atoms with Crippen molar-refractivity contribution in [2.24, 2.45) is 0 Å². The van der Waals surface area contributed by atoms with Gasteiger partial charge in [-0.2, -0.15) is 0 Å². The molecule has 5 nitrogen and oxygen atoms in total. The predicted molar refractivity (Wildman–Crippen MR) is 70.2 cm³/mol. The summed E-state index contributed by atoms with van der Waals surface area (Å²) in [6.07, 6.45) is 2.92. The van der Waals surface area contributed by atoms with Crippen molar-refractivity contribution in [3.05, 3.63) is 29.6 Å². The molecule has 1 aliphatic heterocycles. The molecule has 1 saturated heterocycles. The molecule has 0 saturated carbocycles. The van der Waals surface area contributed by atoms with Crippen molar-refractivity contribution in [1.82, 2.24) is 0 Å². The van der Waals surface area contributed by atoms with Crippen LogP contribution < -0.4 is 5.32 Å². The quantitative estimate of drug-likeness (QED) is 0.888. The van der Waals surface area contributed by atoms with Crippen LogP contribution in [0.2, 0.25) is 0 Å². The van der Waals surface area contributed by atoms with Gasteiger partial charge in [-0.15, -0.1) is 0 Å². The number of carboxylic acids is 1. The highest BCUT2D eigenvalue weighted by molar-refractivity contribution is 5.92. The molecule has 1 unspecified atom stereocenters. The number of carbonyl (C=O) groups excluding carboxylic acids is 1. The first-order valence-electron chi connectivity index (χ1n) is 6.50. The van der Waals surface area contributed by atoms with E-state index in [1.165, 1.54) is 12.1 Å². The Bertz CT molecular complexity index is 512. The van der Waals surface area contributed by atoms with Crippen molar-refractivity contribution < 1.29 is 23.8 Å². The van der Waals surface area contributed by atoms with Crippen molar-refractivity contribution in [3.8, 4) is 0 Å². The van der Waals surface area contributed by atoms with Crippen molar-refractivity contribution in [2.75, 3.05) is 11.9 Å². The lowest BCUT2D eigenvalue weighted by molar-refractivity contribution is -0.119. The summed E-state index contributed by atoms with van der Waals surface area (Å²) in [5.74, 6) is -2.31. The lowest BCUT2D eigenvalue weighted by atomic mass is 10.1. The molecule has 1 heterocycles. The van der Waals surface area contributed by atoms with Crippen LogP contribution in [0, 0.1) is 5.82 Å². The Morgan fingerprint density at radius 2 is 2.20 bits per heavy atom. The van der Waals surface area contributed by atoms with Crippen molar-refractivity contribution in [3.63, 3.8) is 0 Å². The zero-order valence-corrected chi connectivity index (χ0v) is 10.9. The maximum atomic E-state index is 13.6. The number of benzene rings is 1. The molecule has 2 rings (SSSR count). The normalized spacial score (nSPS) is 18.6. The van der Waals surface area contributed by atoms with Crippen molar-refractivity contribution in [1.29, 1.82) is 0 Å². The van der Waals surface area contributed by atoms with Crippen LogP contribution in [-0.2, 0) is 9.53 Å². The van der Waals surface area contributed by atoms with Gasteiger partial charge in [0.25, 0.3) is 0 Å². The van der Waals surface area contributed by atoms with Gasteiger partial charge in [0.15, 0.2) is 0 Å². The Balaban J connectivity index is 1.95. The zero-order valence-electron chi connectivity index (χ0n) is 10.9. The molecule has 0 radical (unpaired) electrons. The Labute approximate surface area is 115 Å². The number of hydrogen-bond acceptors (Lipinski definition) is 3.